The van der Waals surface area contributed by atoms with Gasteiger partial charge in [0.1, 0.15) is 0 Å². The summed E-state index contributed by atoms with van der Waals surface area (Å²) in [4.78, 5) is 0. The van der Waals surface area contributed by atoms with Crippen molar-refractivity contribution >= 4 is 0 Å². The van der Waals surface area contributed by atoms with Crippen molar-refractivity contribution in [2.45, 2.75) is 53.4 Å². The molecule has 4 atom stereocenters. The van der Waals surface area contributed by atoms with Crippen LogP contribution in [-0.4, -0.2) is 0 Å². The second-order valence-corrected chi connectivity index (χ2v) is 5.62. The van der Waals surface area contributed by atoms with Crippen LogP contribution in [0, 0.1) is 23.7 Å². The zero-order valence-electron chi connectivity index (χ0n) is 11.6. The van der Waals surface area contributed by atoms with Gasteiger partial charge in [0.2, 0.25) is 0 Å². The van der Waals surface area contributed by atoms with E-state index in [9.17, 15) is 0 Å². The largest absolute Gasteiger partial charge is 0.0993 e. The third kappa shape index (κ3) is 2.59. The number of allylic oxidation sites excluding steroid dienone is 2. The van der Waals surface area contributed by atoms with E-state index in [1.807, 2.05) is 0 Å². The molecule has 92 valence electrons. The van der Waals surface area contributed by atoms with Gasteiger partial charge in [-0.05, 0) is 30.1 Å². The molecule has 0 aromatic heterocycles. The van der Waals surface area contributed by atoms with Crippen molar-refractivity contribution in [1.82, 2.24) is 0 Å². The molecule has 0 bridgehead atoms. The fourth-order valence-electron chi connectivity index (χ4n) is 3.02. The molecule has 0 aromatic carbocycles. The number of hydrogen-bond donors (Lipinski definition) is 0. The second kappa shape index (κ2) is 5.70. The zero-order chi connectivity index (χ0) is 12.3. The van der Waals surface area contributed by atoms with Crippen molar-refractivity contribution in [3.63, 3.8) is 0 Å². The monoisotopic (exact) mass is 220 g/mol. The molecule has 1 fully saturated rings. The van der Waals surface area contributed by atoms with Gasteiger partial charge in [-0.3, -0.25) is 0 Å². The Bertz CT molecular complexity index is 261. The maximum Gasteiger partial charge on any atom is -0.0140 e. The Morgan fingerprint density at radius 3 is 2.00 bits per heavy atom. The molecule has 0 heterocycles. The summed E-state index contributed by atoms with van der Waals surface area (Å²) in [6.45, 7) is 17.9. The van der Waals surface area contributed by atoms with Gasteiger partial charge in [-0.25, -0.2) is 0 Å². The van der Waals surface area contributed by atoms with E-state index in [1.165, 1.54) is 36.8 Å². The minimum Gasteiger partial charge on any atom is -0.0993 e. The summed E-state index contributed by atoms with van der Waals surface area (Å²) in [5, 5.41) is 0. The summed E-state index contributed by atoms with van der Waals surface area (Å²) in [6, 6.07) is 0. The van der Waals surface area contributed by atoms with Crippen LogP contribution >= 0.6 is 0 Å². The number of unbranched alkanes of at least 4 members (excludes halogenated alkanes) is 2. The molecule has 1 rings (SSSR count). The van der Waals surface area contributed by atoms with Gasteiger partial charge < -0.3 is 0 Å². The van der Waals surface area contributed by atoms with Gasteiger partial charge in [0.15, 0.2) is 0 Å². The highest BCUT2D eigenvalue weighted by molar-refractivity contribution is 5.23. The van der Waals surface area contributed by atoms with Crippen molar-refractivity contribution in [2.75, 3.05) is 0 Å². The molecule has 0 heteroatoms. The number of rotatable bonds is 4. The zero-order valence-corrected chi connectivity index (χ0v) is 11.6. The lowest BCUT2D eigenvalue weighted by Crippen LogP contribution is -2.31. The quantitative estimate of drug-likeness (QED) is 0.450. The molecular weight excluding hydrogens is 192 g/mol. The second-order valence-electron chi connectivity index (χ2n) is 5.62. The normalized spacial score (nSPS) is 35.5. The van der Waals surface area contributed by atoms with Crippen LogP contribution in [-0.2, 0) is 0 Å². The van der Waals surface area contributed by atoms with Crippen LogP contribution in [0.15, 0.2) is 24.3 Å². The average molecular weight is 220 g/mol. The van der Waals surface area contributed by atoms with Gasteiger partial charge in [0.25, 0.3) is 0 Å². The SMILES string of the molecule is C=C1C(C)C(C)C(=C)C(CCCCC)C1C. The van der Waals surface area contributed by atoms with E-state index in [0.717, 1.165) is 0 Å². The van der Waals surface area contributed by atoms with Crippen molar-refractivity contribution in [1.29, 1.82) is 0 Å². The van der Waals surface area contributed by atoms with E-state index in [1.54, 1.807) is 0 Å². The van der Waals surface area contributed by atoms with E-state index >= 15 is 0 Å². The van der Waals surface area contributed by atoms with Crippen molar-refractivity contribution in [2.24, 2.45) is 23.7 Å². The van der Waals surface area contributed by atoms with E-state index in [0.29, 0.717) is 23.7 Å². The average Bonchev–Trinajstić information content (AvgIpc) is 2.28. The van der Waals surface area contributed by atoms with Gasteiger partial charge in [0, 0.05) is 0 Å². The molecule has 0 amide bonds. The first kappa shape index (κ1) is 13.5. The standard InChI is InChI=1S/C16H28/c1-7-8-9-10-16-14(5)12(3)11(2)13(4)15(16)6/h11,13-14,16H,3,6-10H2,1-2,4-5H3. The lowest BCUT2D eigenvalue weighted by atomic mass is 9.64. The molecule has 1 aliphatic carbocycles. The van der Waals surface area contributed by atoms with E-state index in [4.69, 9.17) is 0 Å². The maximum atomic E-state index is 4.35. The molecule has 0 saturated heterocycles. The van der Waals surface area contributed by atoms with Crippen molar-refractivity contribution < 1.29 is 0 Å². The highest BCUT2D eigenvalue weighted by Crippen LogP contribution is 2.45. The maximum absolute atomic E-state index is 4.35. The number of hydrogen-bond acceptors (Lipinski definition) is 0. The van der Waals surface area contributed by atoms with Gasteiger partial charge in [-0.1, -0.05) is 71.3 Å². The summed E-state index contributed by atoms with van der Waals surface area (Å²) >= 11 is 0. The molecule has 0 N–H and O–H groups in total. The van der Waals surface area contributed by atoms with Crippen LogP contribution in [0.5, 0.6) is 0 Å². The third-order valence-corrected chi connectivity index (χ3v) is 4.70. The first-order valence-corrected chi connectivity index (χ1v) is 6.88. The molecule has 0 aromatic rings. The van der Waals surface area contributed by atoms with Gasteiger partial charge in [-0.15, -0.1) is 0 Å². The van der Waals surface area contributed by atoms with Crippen LogP contribution in [0.4, 0.5) is 0 Å². The lowest BCUT2D eigenvalue weighted by molar-refractivity contribution is 0.285. The summed E-state index contributed by atoms with van der Waals surface area (Å²) in [7, 11) is 0. The molecule has 0 spiro atoms. The Morgan fingerprint density at radius 2 is 1.44 bits per heavy atom. The van der Waals surface area contributed by atoms with E-state index in [2.05, 4.69) is 40.9 Å². The van der Waals surface area contributed by atoms with Crippen LogP contribution in [0.3, 0.4) is 0 Å². The summed E-state index contributed by atoms with van der Waals surface area (Å²) < 4.78 is 0. The van der Waals surface area contributed by atoms with Crippen LogP contribution in [0.1, 0.15) is 53.4 Å². The first-order valence-electron chi connectivity index (χ1n) is 6.88. The summed E-state index contributed by atoms with van der Waals surface area (Å²) in [5.74, 6) is 2.56. The Hall–Kier alpha value is -0.520. The van der Waals surface area contributed by atoms with Gasteiger partial charge in [0.05, 0.1) is 0 Å². The van der Waals surface area contributed by atoms with Gasteiger partial charge >= 0.3 is 0 Å². The highest BCUT2D eigenvalue weighted by atomic mass is 14.4. The first-order chi connectivity index (χ1) is 7.50. The molecule has 1 saturated carbocycles. The Kier molecular flexibility index (Phi) is 4.83. The predicted octanol–water partition coefficient (Wildman–Crippen LogP) is 5.22. The Morgan fingerprint density at radius 1 is 0.875 bits per heavy atom. The molecule has 0 nitrogen and oxygen atoms in total. The van der Waals surface area contributed by atoms with Crippen molar-refractivity contribution in [3.05, 3.63) is 24.3 Å². The van der Waals surface area contributed by atoms with Crippen LogP contribution in [0.25, 0.3) is 0 Å². The fraction of sp³-hybridized carbons (Fsp3) is 0.750. The third-order valence-electron chi connectivity index (χ3n) is 4.70. The van der Waals surface area contributed by atoms with Crippen LogP contribution in [0.2, 0.25) is 0 Å². The Labute approximate surface area is 102 Å². The van der Waals surface area contributed by atoms with E-state index in [-0.39, 0.29) is 0 Å². The fourth-order valence-corrected chi connectivity index (χ4v) is 3.02. The summed E-state index contributed by atoms with van der Waals surface area (Å²) in [6.07, 6.45) is 5.32. The molecular formula is C16H28. The lowest BCUT2D eigenvalue weighted by Gasteiger charge is -2.41. The highest BCUT2D eigenvalue weighted by Gasteiger charge is 2.35. The molecule has 16 heavy (non-hydrogen) atoms. The van der Waals surface area contributed by atoms with E-state index < -0.39 is 0 Å². The predicted molar refractivity (Wildman–Crippen MR) is 73.4 cm³/mol. The molecule has 0 aliphatic heterocycles. The van der Waals surface area contributed by atoms with Gasteiger partial charge in [-0.2, -0.15) is 0 Å². The van der Waals surface area contributed by atoms with Crippen LogP contribution < -0.4 is 0 Å². The summed E-state index contributed by atoms with van der Waals surface area (Å²) in [5.41, 5.74) is 2.92. The molecule has 0 radical (unpaired) electrons. The topological polar surface area (TPSA) is 0 Å². The van der Waals surface area contributed by atoms with Crippen molar-refractivity contribution in [3.8, 4) is 0 Å². The Balaban J connectivity index is 2.67. The minimum atomic E-state index is 0.616. The molecule has 4 unspecified atom stereocenters. The minimum absolute atomic E-state index is 0.616. The smallest absolute Gasteiger partial charge is 0.0140 e. The molecule has 1 aliphatic rings.